The van der Waals surface area contributed by atoms with Gasteiger partial charge in [-0.15, -0.1) is 0 Å². The molecule has 0 aromatic heterocycles. The van der Waals surface area contributed by atoms with Crippen LogP contribution in [0, 0.1) is 5.92 Å². The van der Waals surface area contributed by atoms with Crippen molar-refractivity contribution >= 4 is 0 Å². The number of hydrogen-bond acceptors (Lipinski definition) is 2. The third kappa shape index (κ3) is 7.93. The summed E-state index contributed by atoms with van der Waals surface area (Å²) in [6.45, 7) is 6.97. The minimum atomic E-state index is -4.15. The lowest BCUT2D eigenvalue weighted by molar-refractivity contribution is -0.150. The van der Waals surface area contributed by atoms with Gasteiger partial charge in [0, 0.05) is 18.6 Å². The van der Waals surface area contributed by atoms with E-state index >= 15 is 0 Å². The van der Waals surface area contributed by atoms with E-state index < -0.39 is 12.7 Å². The molecule has 0 aliphatic carbocycles. The van der Waals surface area contributed by atoms with Crippen LogP contribution in [-0.4, -0.2) is 36.2 Å². The van der Waals surface area contributed by atoms with Crippen molar-refractivity contribution in [1.82, 2.24) is 4.90 Å². The minimum absolute atomic E-state index is 0.139. The summed E-state index contributed by atoms with van der Waals surface area (Å²) in [5.41, 5.74) is 5.82. The van der Waals surface area contributed by atoms with Crippen molar-refractivity contribution in [2.24, 2.45) is 11.7 Å². The Morgan fingerprint density at radius 3 is 1.94 bits per heavy atom. The van der Waals surface area contributed by atoms with Crippen LogP contribution in [0.5, 0.6) is 0 Å². The summed E-state index contributed by atoms with van der Waals surface area (Å²) in [5, 5.41) is 0. The maximum Gasteiger partial charge on any atom is 0.401 e. The number of alkyl halides is 3. The number of rotatable bonds is 6. The van der Waals surface area contributed by atoms with Gasteiger partial charge in [-0.25, -0.2) is 0 Å². The molecule has 98 valence electrons. The molecule has 0 radical (unpaired) electrons. The van der Waals surface area contributed by atoms with E-state index in [1.54, 1.807) is 13.8 Å². The van der Waals surface area contributed by atoms with Crippen LogP contribution in [0.15, 0.2) is 0 Å². The molecule has 5 heteroatoms. The third-order valence-electron chi connectivity index (χ3n) is 2.36. The fraction of sp³-hybridized carbons (Fsp3) is 1.00. The summed E-state index contributed by atoms with van der Waals surface area (Å²) >= 11 is 0. The Kier molecular flexibility index (Phi) is 6.33. The van der Waals surface area contributed by atoms with E-state index in [0.717, 1.165) is 6.42 Å². The number of nitrogens with two attached hydrogens (primary N) is 1. The summed E-state index contributed by atoms with van der Waals surface area (Å²) < 4.78 is 36.9. The molecule has 1 atom stereocenters. The molecule has 0 saturated carbocycles. The summed E-state index contributed by atoms with van der Waals surface area (Å²) in [7, 11) is 0. The topological polar surface area (TPSA) is 29.3 Å². The summed E-state index contributed by atoms with van der Waals surface area (Å²) in [6.07, 6.45) is -3.40. The van der Waals surface area contributed by atoms with Crippen molar-refractivity contribution in [3.8, 4) is 0 Å². The number of hydrogen-bond donors (Lipinski definition) is 1. The fourth-order valence-corrected chi connectivity index (χ4v) is 1.67. The molecule has 0 heterocycles. The maximum absolute atomic E-state index is 12.3. The highest BCUT2D eigenvalue weighted by atomic mass is 19.4. The molecule has 2 nitrogen and oxygen atoms in total. The molecule has 0 amide bonds. The molecule has 0 fully saturated rings. The van der Waals surface area contributed by atoms with Gasteiger partial charge in [-0.1, -0.05) is 13.8 Å². The van der Waals surface area contributed by atoms with Crippen LogP contribution >= 0.6 is 0 Å². The molecule has 0 aliphatic heterocycles. The van der Waals surface area contributed by atoms with Crippen LogP contribution in [0.25, 0.3) is 0 Å². The van der Waals surface area contributed by atoms with Crippen LogP contribution in [0.4, 0.5) is 13.2 Å². The predicted octanol–water partition coefficient (Wildman–Crippen LogP) is 2.63. The van der Waals surface area contributed by atoms with E-state index in [-0.39, 0.29) is 12.1 Å². The molecule has 0 aliphatic rings. The van der Waals surface area contributed by atoms with Crippen molar-refractivity contribution < 1.29 is 13.2 Å². The van der Waals surface area contributed by atoms with E-state index in [2.05, 4.69) is 0 Å². The van der Waals surface area contributed by atoms with Gasteiger partial charge >= 0.3 is 6.18 Å². The van der Waals surface area contributed by atoms with Crippen LogP contribution in [0.2, 0.25) is 0 Å². The quantitative estimate of drug-likeness (QED) is 0.773. The zero-order valence-corrected chi connectivity index (χ0v) is 10.5. The average molecular weight is 240 g/mol. The Balaban J connectivity index is 4.23. The molecule has 0 spiro atoms. The molecular weight excluding hydrogens is 217 g/mol. The van der Waals surface area contributed by atoms with E-state index in [1.807, 2.05) is 13.8 Å². The highest BCUT2D eigenvalue weighted by Gasteiger charge is 2.32. The third-order valence-corrected chi connectivity index (χ3v) is 2.36. The van der Waals surface area contributed by atoms with Gasteiger partial charge in [-0.3, -0.25) is 4.90 Å². The van der Waals surface area contributed by atoms with Gasteiger partial charge in [0.2, 0.25) is 0 Å². The second-order valence-electron chi connectivity index (χ2n) is 5.03. The molecule has 16 heavy (non-hydrogen) atoms. The first-order valence-corrected chi connectivity index (χ1v) is 5.68. The molecule has 0 aromatic carbocycles. The molecule has 0 aromatic rings. The first kappa shape index (κ1) is 15.7. The zero-order chi connectivity index (χ0) is 12.9. The second kappa shape index (κ2) is 6.45. The summed E-state index contributed by atoms with van der Waals surface area (Å²) in [5.74, 6) is 0.412. The van der Waals surface area contributed by atoms with E-state index in [0.29, 0.717) is 12.5 Å². The highest BCUT2D eigenvalue weighted by molar-refractivity contribution is 4.74. The van der Waals surface area contributed by atoms with Crippen LogP contribution in [-0.2, 0) is 0 Å². The van der Waals surface area contributed by atoms with Gasteiger partial charge in [0.05, 0.1) is 6.54 Å². The van der Waals surface area contributed by atoms with Gasteiger partial charge in [0.25, 0.3) is 0 Å². The van der Waals surface area contributed by atoms with Crippen LogP contribution < -0.4 is 5.73 Å². The Morgan fingerprint density at radius 2 is 1.62 bits per heavy atom. The Morgan fingerprint density at radius 1 is 1.12 bits per heavy atom. The first-order chi connectivity index (χ1) is 7.11. The monoisotopic (exact) mass is 240 g/mol. The predicted molar refractivity (Wildman–Crippen MR) is 60.2 cm³/mol. The number of nitrogens with zero attached hydrogens (tertiary/aromatic N) is 1. The number of halogens is 3. The van der Waals surface area contributed by atoms with Crippen molar-refractivity contribution in [2.45, 2.75) is 52.4 Å². The molecular formula is C11H23F3N2. The Labute approximate surface area is 96.0 Å². The minimum Gasteiger partial charge on any atom is -0.327 e. The van der Waals surface area contributed by atoms with Gasteiger partial charge in [-0.05, 0) is 26.2 Å². The lowest BCUT2D eigenvalue weighted by Gasteiger charge is -2.30. The van der Waals surface area contributed by atoms with Gasteiger partial charge in [0.1, 0.15) is 0 Å². The van der Waals surface area contributed by atoms with Crippen LogP contribution in [0.1, 0.15) is 34.1 Å². The average Bonchev–Trinajstić information content (AvgIpc) is 1.97. The van der Waals surface area contributed by atoms with E-state index in [1.165, 1.54) is 4.90 Å². The van der Waals surface area contributed by atoms with Crippen molar-refractivity contribution in [3.63, 3.8) is 0 Å². The molecule has 0 rings (SSSR count). The van der Waals surface area contributed by atoms with Gasteiger partial charge in [-0.2, -0.15) is 13.2 Å². The molecule has 0 saturated heterocycles. The first-order valence-electron chi connectivity index (χ1n) is 5.68. The molecule has 2 N–H and O–H groups in total. The van der Waals surface area contributed by atoms with Crippen molar-refractivity contribution in [1.29, 1.82) is 0 Å². The Hall–Kier alpha value is -0.290. The summed E-state index contributed by atoms with van der Waals surface area (Å²) in [6, 6.07) is -0.329. The zero-order valence-electron chi connectivity index (χ0n) is 10.5. The second-order valence-corrected chi connectivity index (χ2v) is 5.03. The molecule has 0 bridgehead atoms. The smallest absolute Gasteiger partial charge is 0.327 e. The van der Waals surface area contributed by atoms with Crippen molar-refractivity contribution in [3.05, 3.63) is 0 Å². The van der Waals surface area contributed by atoms with Gasteiger partial charge < -0.3 is 5.73 Å². The standard InChI is InChI=1S/C11H23F3N2/c1-8(2)5-10(15)6-16(9(3)4)7-11(12,13)14/h8-10H,5-7,15H2,1-4H3. The largest absolute Gasteiger partial charge is 0.401 e. The highest BCUT2D eigenvalue weighted by Crippen LogP contribution is 2.18. The maximum atomic E-state index is 12.3. The van der Waals surface area contributed by atoms with E-state index in [9.17, 15) is 13.2 Å². The summed E-state index contributed by atoms with van der Waals surface area (Å²) in [4.78, 5) is 1.38. The van der Waals surface area contributed by atoms with E-state index in [4.69, 9.17) is 5.73 Å². The normalized spacial score (nSPS) is 15.2. The fourth-order valence-electron chi connectivity index (χ4n) is 1.67. The van der Waals surface area contributed by atoms with Crippen LogP contribution in [0.3, 0.4) is 0 Å². The molecule has 1 unspecified atom stereocenters. The van der Waals surface area contributed by atoms with Crippen molar-refractivity contribution in [2.75, 3.05) is 13.1 Å². The lowest BCUT2D eigenvalue weighted by atomic mass is 10.0. The van der Waals surface area contributed by atoms with Gasteiger partial charge in [0.15, 0.2) is 0 Å². The SMILES string of the molecule is CC(C)CC(N)CN(CC(F)(F)F)C(C)C. The Bertz CT molecular complexity index is 190. The lowest BCUT2D eigenvalue weighted by Crippen LogP contribution is -2.46.